The minimum absolute atomic E-state index is 0.0100. The summed E-state index contributed by atoms with van der Waals surface area (Å²) < 4.78 is 0. The lowest BCUT2D eigenvalue weighted by atomic mass is 10.0. The van der Waals surface area contributed by atoms with Crippen molar-refractivity contribution < 1.29 is 9.59 Å². The van der Waals surface area contributed by atoms with Gasteiger partial charge < -0.3 is 14.7 Å². The Morgan fingerprint density at radius 3 is 2.32 bits per heavy atom. The van der Waals surface area contributed by atoms with Gasteiger partial charge in [0.1, 0.15) is 6.54 Å². The number of rotatable bonds is 5. The molecule has 0 aliphatic carbocycles. The van der Waals surface area contributed by atoms with Crippen LogP contribution in [0.1, 0.15) is 19.3 Å². The zero-order valence-corrected chi connectivity index (χ0v) is 16.2. The number of likely N-dealkylation sites (tertiary alicyclic amines) is 1. The number of hydrogen-bond acceptors (Lipinski definition) is 3. The van der Waals surface area contributed by atoms with Crippen molar-refractivity contribution >= 4 is 17.5 Å². The molecule has 5 nitrogen and oxygen atoms in total. The Morgan fingerprint density at radius 2 is 1.57 bits per heavy atom. The number of benzene rings is 2. The maximum Gasteiger partial charge on any atom is 0.246 e. The van der Waals surface area contributed by atoms with Crippen molar-refractivity contribution in [1.29, 1.82) is 0 Å². The molecule has 0 spiro atoms. The van der Waals surface area contributed by atoms with Gasteiger partial charge in [-0.05, 0) is 37.6 Å². The summed E-state index contributed by atoms with van der Waals surface area (Å²) in [5.74, 6) is 0.0837. The van der Waals surface area contributed by atoms with Gasteiger partial charge in [0.2, 0.25) is 11.8 Å². The first-order valence-corrected chi connectivity index (χ1v) is 10.2. The van der Waals surface area contributed by atoms with Gasteiger partial charge in [-0.25, -0.2) is 0 Å². The van der Waals surface area contributed by atoms with E-state index < -0.39 is 0 Å². The molecule has 2 aromatic rings. The van der Waals surface area contributed by atoms with E-state index in [4.69, 9.17) is 0 Å². The van der Waals surface area contributed by atoms with Gasteiger partial charge >= 0.3 is 0 Å². The average Bonchev–Trinajstić information content (AvgIpc) is 3.26. The van der Waals surface area contributed by atoms with E-state index >= 15 is 0 Å². The first-order chi connectivity index (χ1) is 13.7. The van der Waals surface area contributed by atoms with E-state index in [0.717, 1.165) is 36.4 Å². The molecule has 0 radical (unpaired) electrons. The third-order valence-corrected chi connectivity index (χ3v) is 5.69. The third kappa shape index (κ3) is 4.09. The Labute approximate surface area is 166 Å². The maximum atomic E-state index is 12.9. The predicted molar refractivity (Wildman–Crippen MR) is 111 cm³/mol. The van der Waals surface area contributed by atoms with E-state index in [9.17, 15) is 9.59 Å². The van der Waals surface area contributed by atoms with Gasteiger partial charge in [0.05, 0.1) is 5.69 Å². The summed E-state index contributed by atoms with van der Waals surface area (Å²) in [6, 6.07) is 18.1. The fourth-order valence-corrected chi connectivity index (χ4v) is 4.13. The van der Waals surface area contributed by atoms with Crippen molar-refractivity contribution in [3.8, 4) is 11.1 Å². The zero-order chi connectivity index (χ0) is 19.3. The van der Waals surface area contributed by atoms with Crippen molar-refractivity contribution in [2.75, 3.05) is 44.2 Å². The second kappa shape index (κ2) is 8.57. The highest BCUT2D eigenvalue weighted by molar-refractivity contribution is 6.01. The lowest BCUT2D eigenvalue weighted by Crippen LogP contribution is -2.52. The van der Waals surface area contributed by atoms with Gasteiger partial charge in [0.25, 0.3) is 0 Å². The molecule has 2 aliphatic heterocycles. The molecule has 146 valence electrons. The molecular weight excluding hydrogens is 350 g/mol. The molecule has 0 bridgehead atoms. The number of hydrogen-bond donors (Lipinski definition) is 0. The second-order valence-corrected chi connectivity index (χ2v) is 7.54. The minimum atomic E-state index is -0.0100. The number of nitrogens with zero attached hydrogens (tertiary/aromatic N) is 3. The second-order valence-electron chi connectivity index (χ2n) is 7.54. The van der Waals surface area contributed by atoms with E-state index in [1.165, 1.54) is 12.8 Å². The predicted octanol–water partition coefficient (Wildman–Crippen LogP) is 3.01. The first-order valence-electron chi connectivity index (χ1n) is 10.2. The number of anilines is 1. The van der Waals surface area contributed by atoms with Crippen LogP contribution in [0.3, 0.4) is 0 Å². The average molecular weight is 377 g/mol. The summed E-state index contributed by atoms with van der Waals surface area (Å²) in [4.78, 5) is 31.3. The van der Waals surface area contributed by atoms with Crippen molar-refractivity contribution in [2.45, 2.75) is 19.3 Å². The van der Waals surface area contributed by atoms with E-state index in [-0.39, 0.29) is 18.4 Å². The molecule has 2 aliphatic rings. The Balaban J connectivity index is 1.42. The summed E-state index contributed by atoms with van der Waals surface area (Å²) in [5.41, 5.74) is 3.06. The lowest BCUT2D eigenvalue weighted by molar-refractivity contribution is -0.137. The molecule has 0 saturated carbocycles. The molecule has 2 amide bonds. The fourth-order valence-electron chi connectivity index (χ4n) is 4.13. The molecular formula is C23H27N3O2. The van der Waals surface area contributed by atoms with Crippen LogP contribution in [0.2, 0.25) is 0 Å². The van der Waals surface area contributed by atoms with Crippen molar-refractivity contribution in [1.82, 2.24) is 9.80 Å². The van der Waals surface area contributed by atoms with Gasteiger partial charge in [-0.1, -0.05) is 48.5 Å². The standard InChI is InChI=1S/C23H27N3O2/c27-22(12-15-24-13-6-7-14-24)25-16-17-26(23(28)18-25)21-11-5-4-10-20(21)19-8-2-1-3-9-19/h1-5,8-11H,6-7,12-18H2. The van der Waals surface area contributed by atoms with Crippen LogP contribution in [-0.4, -0.2) is 60.9 Å². The molecule has 0 aromatic heterocycles. The topological polar surface area (TPSA) is 43.9 Å². The minimum Gasteiger partial charge on any atom is -0.332 e. The van der Waals surface area contributed by atoms with E-state index in [2.05, 4.69) is 17.0 Å². The van der Waals surface area contributed by atoms with Gasteiger partial charge in [-0.15, -0.1) is 0 Å². The van der Waals surface area contributed by atoms with Crippen LogP contribution in [0.25, 0.3) is 11.1 Å². The molecule has 2 heterocycles. The van der Waals surface area contributed by atoms with Crippen LogP contribution in [0.4, 0.5) is 5.69 Å². The first kappa shape index (κ1) is 18.7. The number of amides is 2. The quantitative estimate of drug-likeness (QED) is 0.805. The van der Waals surface area contributed by atoms with E-state index in [1.807, 2.05) is 47.4 Å². The highest BCUT2D eigenvalue weighted by Crippen LogP contribution is 2.31. The number of carbonyl (C=O) groups excluding carboxylic acids is 2. The van der Waals surface area contributed by atoms with Gasteiger partial charge in [-0.3, -0.25) is 9.59 Å². The number of piperazine rings is 1. The summed E-state index contributed by atoms with van der Waals surface area (Å²) in [6.07, 6.45) is 2.96. The summed E-state index contributed by atoms with van der Waals surface area (Å²) in [5, 5.41) is 0. The van der Waals surface area contributed by atoms with Crippen molar-refractivity contribution in [2.24, 2.45) is 0 Å². The van der Waals surface area contributed by atoms with Crippen LogP contribution >= 0.6 is 0 Å². The van der Waals surface area contributed by atoms with Gasteiger partial charge in [0, 0.05) is 31.6 Å². The highest BCUT2D eigenvalue weighted by Gasteiger charge is 2.29. The number of para-hydroxylation sites is 1. The Kier molecular flexibility index (Phi) is 5.72. The smallest absolute Gasteiger partial charge is 0.246 e. The van der Waals surface area contributed by atoms with Gasteiger partial charge in [0.15, 0.2) is 0 Å². The van der Waals surface area contributed by atoms with Crippen molar-refractivity contribution in [3.05, 3.63) is 54.6 Å². The molecule has 2 saturated heterocycles. The normalized spacial score (nSPS) is 17.9. The maximum absolute atomic E-state index is 12.9. The summed E-state index contributed by atoms with van der Waals surface area (Å²) in [6.45, 7) is 4.30. The Hall–Kier alpha value is -2.66. The Morgan fingerprint density at radius 1 is 0.857 bits per heavy atom. The summed E-state index contributed by atoms with van der Waals surface area (Å²) >= 11 is 0. The van der Waals surface area contributed by atoms with E-state index in [0.29, 0.717) is 19.5 Å². The van der Waals surface area contributed by atoms with E-state index in [1.54, 1.807) is 4.90 Å². The molecule has 0 atom stereocenters. The molecule has 0 unspecified atom stereocenters. The monoisotopic (exact) mass is 377 g/mol. The van der Waals surface area contributed by atoms with Crippen LogP contribution in [0.15, 0.2) is 54.6 Å². The molecule has 4 rings (SSSR count). The van der Waals surface area contributed by atoms with Crippen LogP contribution in [0.5, 0.6) is 0 Å². The SMILES string of the molecule is O=C(CCN1CCCC1)N1CCN(c2ccccc2-c2ccccc2)C(=O)C1. The van der Waals surface area contributed by atoms with Gasteiger partial charge in [-0.2, -0.15) is 0 Å². The molecule has 2 fully saturated rings. The van der Waals surface area contributed by atoms with Crippen LogP contribution in [0, 0.1) is 0 Å². The van der Waals surface area contributed by atoms with Crippen LogP contribution < -0.4 is 4.90 Å². The number of carbonyl (C=O) groups is 2. The summed E-state index contributed by atoms with van der Waals surface area (Å²) in [7, 11) is 0. The highest BCUT2D eigenvalue weighted by atomic mass is 16.2. The lowest BCUT2D eigenvalue weighted by Gasteiger charge is -2.35. The molecule has 2 aromatic carbocycles. The molecule has 5 heteroatoms. The van der Waals surface area contributed by atoms with Crippen molar-refractivity contribution in [3.63, 3.8) is 0 Å². The third-order valence-electron chi connectivity index (χ3n) is 5.69. The fraction of sp³-hybridized carbons (Fsp3) is 0.391. The zero-order valence-electron chi connectivity index (χ0n) is 16.2. The molecule has 28 heavy (non-hydrogen) atoms. The Bertz CT molecular complexity index is 831. The largest absolute Gasteiger partial charge is 0.332 e. The van der Waals surface area contributed by atoms with Crippen LogP contribution in [-0.2, 0) is 9.59 Å². The molecule has 0 N–H and O–H groups in total.